The largest absolute Gasteiger partial charge is 0.497 e. The molecule has 0 bridgehead atoms. The van der Waals surface area contributed by atoms with Crippen molar-refractivity contribution in [1.82, 2.24) is 15.0 Å². The van der Waals surface area contributed by atoms with E-state index in [0.717, 1.165) is 11.3 Å². The quantitative estimate of drug-likeness (QED) is 0.901. The molecular weight excluding hydrogens is 242 g/mol. The molecule has 0 unspecified atom stereocenters. The maximum atomic E-state index is 5.21. The Morgan fingerprint density at radius 3 is 2.58 bits per heavy atom. The zero-order chi connectivity index (χ0) is 13.8. The van der Waals surface area contributed by atoms with Crippen molar-refractivity contribution in [2.45, 2.75) is 0 Å². The Morgan fingerprint density at radius 1 is 1.16 bits per heavy atom. The fourth-order valence-electron chi connectivity index (χ4n) is 1.57. The normalized spacial score (nSPS) is 10.1. The molecule has 0 radical (unpaired) electrons. The first kappa shape index (κ1) is 13.1. The van der Waals surface area contributed by atoms with Crippen LogP contribution in [0.5, 0.6) is 5.75 Å². The summed E-state index contributed by atoms with van der Waals surface area (Å²) in [7, 11) is 7.20. The first-order chi connectivity index (χ1) is 9.13. The van der Waals surface area contributed by atoms with E-state index >= 15 is 0 Å². The number of hydrogen-bond donors (Lipinski definition) is 1. The summed E-state index contributed by atoms with van der Waals surface area (Å²) in [4.78, 5) is 14.9. The van der Waals surface area contributed by atoms with Gasteiger partial charge in [-0.25, -0.2) is 0 Å². The van der Waals surface area contributed by atoms with Gasteiger partial charge in [-0.3, -0.25) is 0 Å². The average Bonchev–Trinajstić information content (AvgIpc) is 2.46. The van der Waals surface area contributed by atoms with Crippen LogP contribution in [0.15, 0.2) is 24.3 Å². The smallest absolute Gasteiger partial charge is 0.230 e. The van der Waals surface area contributed by atoms with Gasteiger partial charge in [-0.2, -0.15) is 15.0 Å². The zero-order valence-electron chi connectivity index (χ0n) is 11.5. The van der Waals surface area contributed by atoms with Crippen molar-refractivity contribution in [2.75, 3.05) is 38.5 Å². The van der Waals surface area contributed by atoms with Gasteiger partial charge in [0.15, 0.2) is 5.82 Å². The molecule has 0 aliphatic heterocycles. The van der Waals surface area contributed by atoms with E-state index in [9.17, 15) is 0 Å². The summed E-state index contributed by atoms with van der Waals surface area (Å²) in [6.45, 7) is 0. The molecule has 0 atom stereocenters. The van der Waals surface area contributed by atoms with E-state index in [1.54, 1.807) is 14.2 Å². The van der Waals surface area contributed by atoms with E-state index in [1.807, 2.05) is 43.3 Å². The number of hydrogen-bond acceptors (Lipinski definition) is 6. The maximum absolute atomic E-state index is 5.21. The molecule has 1 aromatic heterocycles. The lowest BCUT2D eigenvalue weighted by Crippen LogP contribution is -2.15. The highest BCUT2D eigenvalue weighted by atomic mass is 16.5. The topological polar surface area (TPSA) is 63.2 Å². The second-order valence-electron chi connectivity index (χ2n) is 4.16. The van der Waals surface area contributed by atoms with E-state index < -0.39 is 0 Å². The molecule has 0 aliphatic rings. The molecule has 0 aliphatic carbocycles. The van der Waals surface area contributed by atoms with Gasteiger partial charge in [-0.05, 0) is 12.1 Å². The highest BCUT2D eigenvalue weighted by Gasteiger charge is 2.09. The lowest BCUT2D eigenvalue weighted by Gasteiger charge is -2.12. The van der Waals surface area contributed by atoms with Gasteiger partial charge in [0.2, 0.25) is 11.9 Å². The summed E-state index contributed by atoms with van der Waals surface area (Å²) in [6, 6.07) is 7.63. The first-order valence-electron chi connectivity index (χ1n) is 5.89. The number of nitrogens with one attached hydrogen (secondary N) is 1. The third-order valence-electron chi connectivity index (χ3n) is 2.58. The van der Waals surface area contributed by atoms with Crippen molar-refractivity contribution in [3.05, 3.63) is 24.3 Å². The van der Waals surface area contributed by atoms with Gasteiger partial charge in [0.1, 0.15) is 5.75 Å². The maximum Gasteiger partial charge on any atom is 0.230 e. The van der Waals surface area contributed by atoms with Crippen LogP contribution in [-0.2, 0) is 0 Å². The monoisotopic (exact) mass is 259 g/mol. The Labute approximate surface area is 112 Å². The van der Waals surface area contributed by atoms with Crippen molar-refractivity contribution in [3.8, 4) is 17.1 Å². The SMILES string of the molecule is CNc1nc(-c2cccc(OC)c2)nc(N(C)C)n1. The van der Waals surface area contributed by atoms with Crippen molar-refractivity contribution in [1.29, 1.82) is 0 Å². The molecule has 0 saturated carbocycles. The Morgan fingerprint density at radius 2 is 1.95 bits per heavy atom. The lowest BCUT2D eigenvalue weighted by molar-refractivity contribution is 0.415. The summed E-state index contributed by atoms with van der Waals surface area (Å²) in [6.07, 6.45) is 0. The molecule has 0 amide bonds. The molecular formula is C13H17N5O. The molecule has 100 valence electrons. The fraction of sp³-hybridized carbons (Fsp3) is 0.308. The fourth-order valence-corrected chi connectivity index (χ4v) is 1.57. The minimum Gasteiger partial charge on any atom is -0.497 e. The van der Waals surface area contributed by atoms with Crippen molar-refractivity contribution < 1.29 is 4.74 Å². The molecule has 2 aromatic rings. The van der Waals surface area contributed by atoms with Crippen LogP contribution in [0.4, 0.5) is 11.9 Å². The van der Waals surface area contributed by atoms with Crippen molar-refractivity contribution in [2.24, 2.45) is 0 Å². The van der Waals surface area contributed by atoms with E-state index in [1.165, 1.54) is 0 Å². The summed E-state index contributed by atoms with van der Waals surface area (Å²) in [5.74, 6) is 2.53. The van der Waals surface area contributed by atoms with Crippen LogP contribution in [0.1, 0.15) is 0 Å². The summed E-state index contributed by atoms with van der Waals surface area (Å²) < 4.78 is 5.21. The van der Waals surface area contributed by atoms with Gasteiger partial charge in [0.05, 0.1) is 7.11 Å². The molecule has 1 aromatic carbocycles. The van der Waals surface area contributed by atoms with E-state index in [2.05, 4.69) is 20.3 Å². The highest BCUT2D eigenvalue weighted by molar-refractivity contribution is 5.60. The van der Waals surface area contributed by atoms with E-state index in [4.69, 9.17) is 4.74 Å². The van der Waals surface area contributed by atoms with Crippen LogP contribution in [0.3, 0.4) is 0 Å². The van der Waals surface area contributed by atoms with E-state index in [-0.39, 0.29) is 0 Å². The minimum absolute atomic E-state index is 0.538. The number of anilines is 2. The third-order valence-corrected chi connectivity index (χ3v) is 2.58. The number of nitrogens with zero attached hydrogens (tertiary/aromatic N) is 4. The molecule has 6 heteroatoms. The van der Waals surface area contributed by atoms with Crippen LogP contribution in [0.25, 0.3) is 11.4 Å². The number of methoxy groups -OCH3 is 1. The lowest BCUT2D eigenvalue weighted by atomic mass is 10.2. The second-order valence-corrected chi connectivity index (χ2v) is 4.16. The zero-order valence-corrected chi connectivity index (χ0v) is 11.5. The van der Waals surface area contributed by atoms with Crippen molar-refractivity contribution in [3.63, 3.8) is 0 Å². The van der Waals surface area contributed by atoms with Gasteiger partial charge in [-0.1, -0.05) is 12.1 Å². The Kier molecular flexibility index (Phi) is 3.79. The summed E-state index contributed by atoms with van der Waals surface area (Å²) >= 11 is 0. The third kappa shape index (κ3) is 2.90. The molecule has 6 nitrogen and oxygen atoms in total. The molecule has 0 spiro atoms. The standard InChI is InChI=1S/C13H17N5O/c1-14-12-15-11(16-13(17-12)18(2)3)9-6-5-7-10(8-9)19-4/h5-8H,1-4H3,(H,14,15,16,17). The number of aromatic nitrogens is 3. The molecule has 19 heavy (non-hydrogen) atoms. The Bertz CT molecular complexity index is 571. The van der Waals surface area contributed by atoms with E-state index in [0.29, 0.717) is 17.7 Å². The van der Waals surface area contributed by atoms with Gasteiger partial charge < -0.3 is 15.0 Å². The second kappa shape index (κ2) is 5.51. The van der Waals surface area contributed by atoms with Crippen LogP contribution in [-0.4, -0.2) is 43.2 Å². The Hall–Kier alpha value is -2.37. The van der Waals surface area contributed by atoms with Gasteiger partial charge >= 0.3 is 0 Å². The Balaban J connectivity index is 2.50. The van der Waals surface area contributed by atoms with Crippen LogP contribution in [0, 0.1) is 0 Å². The first-order valence-corrected chi connectivity index (χ1v) is 5.89. The predicted octanol–water partition coefficient (Wildman–Crippen LogP) is 1.65. The highest BCUT2D eigenvalue weighted by Crippen LogP contribution is 2.22. The van der Waals surface area contributed by atoms with Crippen LogP contribution in [0.2, 0.25) is 0 Å². The summed E-state index contributed by atoms with van der Waals surface area (Å²) in [5.41, 5.74) is 0.890. The average molecular weight is 259 g/mol. The molecule has 0 saturated heterocycles. The number of rotatable bonds is 4. The predicted molar refractivity (Wildman–Crippen MR) is 75.7 cm³/mol. The molecule has 0 fully saturated rings. The van der Waals surface area contributed by atoms with Crippen LogP contribution >= 0.6 is 0 Å². The van der Waals surface area contributed by atoms with Gasteiger partial charge in [-0.15, -0.1) is 0 Å². The van der Waals surface area contributed by atoms with Crippen LogP contribution < -0.4 is 15.0 Å². The molecule has 1 heterocycles. The minimum atomic E-state index is 0.538. The number of benzene rings is 1. The van der Waals surface area contributed by atoms with Crippen molar-refractivity contribution >= 4 is 11.9 Å². The molecule has 2 rings (SSSR count). The van der Waals surface area contributed by atoms with Gasteiger partial charge in [0, 0.05) is 26.7 Å². The van der Waals surface area contributed by atoms with Gasteiger partial charge in [0.25, 0.3) is 0 Å². The number of ether oxygens (including phenoxy) is 1. The summed E-state index contributed by atoms with van der Waals surface area (Å²) in [5, 5.41) is 2.94. The molecule has 1 N–H and O–H groups in total.